The number of ketones is 1. The summed E-state index contributed by atoms with van der Waals surface area (Å²) in [5, 5.41) is 0. The van der Waals surface area contributed by atoms with Gasteiger partial charge in [-0.1, -0.05) is 36.4 Å². The number of nitrogens with zero attached hydrogens (tertiary/aromatic N) is 2. The van der Waals surface area contributed by atoms with Crippen molar-refractivity contribution in [3.05, 3.63) is 59.7 Å². The van der Waals surface area contributed by atoms with Gasteiger partial charge in [-0.25, -0.2) is 0 Å². The van der Waals surface area contributed by atoms with E-state index in [1.54, 1.807) is 14.2 Å². The van der Waals surface area contributed by atoms with Crippen LogP contribution in [-0.4, -0.2) is 55.5 Å². The number of ether oxygens (including phenoxy) is 2. The number of piperazine rings is 1. The first-order valence-corrected chi connectivity index (χ1v) is 9.93. The van der Waals surface area contributed by atoms with E-state index in [9.17, 15) is 4.79 Å². The van der Waals surface area contributed by atoms with E-state index in [0.717, 1.165) is 43.2 Å². The van der Waals surface area contributed by atoms with Crippen LogP contribution in [0.4, 0.5) is 0 Å². The van der Waals surface area contributed by atoms with Crippen molar-refractivity contribution in [3.63, 3.8) is 0 Å². The Kier molecular flexibility index (Phi) is 5.64. The molecule has 2 aromatic carbocycles. The van der Waals surface area contributed by atoms with Gasteiger partial charge in [-0.2, -0.15) is 0 Å². The van der Waals surface area contributed by atoms with E-state index in [1.807, 2.05) is 12.1 Å². The van der Waals surface area contributed by atoms with Gasteiger partial charge < -0.3 is 9.47 Å². The van der Waals surface area contributed by atoms with Crippen molar-refractivity contribution < 1.29 is 14.3 Å². The minimum atomic E-state index is 0.116. The Hall–Kier alpha value is -2.37. The first kappa shape index (κ1) is 19.0. The molecule has 0 amide bonds. The van der Waals surface area contributed by atoms with Gasteiger partial charge in [0.2, 0.25) is 0 Å². The molecule has 2 saturated heterocycles. The normalized spacial score (nSPS) is 23.3. The van der Waals surface area contributed by atoms with Gasteiger partial charge in [0.05, 0.1) is 14.2 Å². The summed E-state index contributed by atoms with van der Waals surface area (Å²) < 4.78 is 10.8. The summed E-state index contributed by atoms with van der Waals surface area (Å²) in [6, 6.07) is 17.0. The number of Topliss-reactive ketones (excluding diaryl/α,β-unsaturated/α-hetero) is 1. The maximum absolute atomic E-state index is 12.5. The molecule has 28 heavy (non-hydrogen) atoms. The molecule has 0 bridgehead atoms. The Morgan fingerprint density at radius 2 is 1.75 bits per heavy atom. The number of carbonyl (C=O) groups is 1. The molecular formula is C23H28N2O3. The first-order valence-electron chi connectivity index (χ1n) is 9.93. The Morgan fingerprint density at radius 3 is 2.50 bits per heavy atom. The van der Waals surface area contributed by atoms with Gasteiger partial charge in [-0.15, -0.1) is 0 Å². The minimum absolute atomic E-state index is 0.116. The number of rotatable bonds is 5. The summed E-state index contributed by atoms with van der Waals surface area (Å²) in [5.41, 5.74) is 2.46. The van der Waals surface area contributed by atoms with Gasteiger partial charge in [0.15, 0.2) is 11.5 Å². The van der Waals surface area contributed by atoms with Crippen molar-refractivity contribution in [1.29, 1.82) is 0 Å². The maximum atomic E-state index is 12.5. The van der Waals surface area contributed by atoms with Gasteiger partial charge in [0, 0.05) is 51.1 Å². The molecule has 0 aliphatic carbocycles. The fourth-order valence-electron chi connectivity index (χ4n) is 4.56. The smallest absolute Gasteiger partial charge is 0.161 e. The van der Waals surface area contributed by atoms with E-state index < -0.39 is 0 Å². The highest BCUT2D eigenvalue weighted by molar-refractivity contribution is 5.81. The van der Waals surface area contributed by atoms with E-state index in [4.69, 9.17) is 9.47 Å². The third-order valence-electron chi connectivity index (χ3n) is 5.94. The van der Waals surface area contributed by atoms with E-state index in [-0.39, 0.29) is 12.1 Å². The fourth-order valence-corrected chi connectivity index (χ4v) is 4.56. The number of methoxy groups -OCH3 is 2. The SMILES string of the molecule is COc1ccc(C2CC(=O)CC3CN(Cc4ccccc4)CCN32)cc1OC. The zero-order valence-corrected chi connectivity index (χ0v) is 16.6. The van der Waals surface area contributed by atoms with E-state index in [0.29, 0.717) is 18.6 Å². The predicted octanol–water partition coefficient (Wildman–Crippen LogP) is 3.29. The van der Waals surface area contributed by atoms with Crippen molar-refractivity contribution in [2.75, 3.05) is 33.9 Å². The van der Waals surface area contributed by atoms with Gasteiger partial charge >= 0.3 is 0 Å². The molecule has 0 N–H and O–H groups in total. The molecule has 2 heterocycles. The molecule has 0 spiro atoms. The summed E-state index contributed by atoms with van der Waals surface area (Å²) in [6.45, 7) is 3.87. The van der Waals surface area contributed by atoms with Crippen molar-refractivity contribution in [1.82, 2.24) is 9.80 Å². The van der Waals surface area contributed by atoms with E-state index >= 15 is 0 Å². The van der Waals surface area contributed by atoms with Crippen molar-refractivity contribution in [2.24, 2.45) is 0 Å². The monoisotopic (exact) mass is 380 g/mol. The van der Waals surface area contributed by atoms with Crippen LogP contribution in [0.3, 0.4) is 0 Å². The fraction of sp³-hybridized carbons (Fsp3) is 0.435. The summed E-state index contributed by atoms with van der Waals surface area (Å²) in [6.07, 6.45) is 1.22. The highest BCUT2D eigenvalue weighted by Crippen LogP contribution is 2.38. The van der Waals surface area contributed by atoms with Crippen LogP contribution >= 0.6 is 0 Å². The Morgan fingerprint density at radius 1 is 0.964 bits per heavy atom. The summed E-state index contributed by atoms with van der Waals surface area (Å²) in [7, 11) is 3.29. The first-order chi connectivity index (χ1) is 13.7. The Bertz CT molecular complexity index is 824. The van der Waals surface area contributed by atoms with Crippen molar-refractivity contribution in [2.45, 2.75) is 31.5 Å². The van der Waals surface area contributed by atoms with Crippen molar-refractivity contribution in [3.8, 4) is 11.5 Å². The lowest BCUT2D eigenvalue weighted by Crippen LogP contribution is -2.56. The molecule has 0 radical (unpaired) electrons. The number of hydrogen-bond donors (Lipinski definition) is 0. The molecule has 5 nitrogen and oxygen atoms in total. The van der Waals surface area contributed by atoms with Crippen LogP contribution in [0.15, 0.2) is 48.5 Å². The quantitative estimate of drug-likeness (QED) is 0.796. The molecular weight excluding hydrogens is 352 g/mol. The Balaban J connectivity index is 1.51. The van der Waals surface area contributed by atoms with Crippen LogP contribution in [0.2, 0.25) is 0 Å². The van der Waals surface area contributed by atoms with Gasteiger partial charge in [0.1, 0.15) is 5.78 Å². The highest BCUT2D eigenvalue weighted by Gasteiger charge is 2.39. The molecule has 2 aliphatic rings. The molecule has 5 heteroatoms. The molecule has 148 valence electrons. The van der Waals surface area contributed by atoms with E-state index in [1.165, 1.54) is 5.56 Å². The molecule has 2 aliphatic heterocycles. The molecule has 2 unspecified atom stereocenters. The van der Waals surface area contributed by atoms with Crippen LogP contribution in [0.1, 0.15) is 30.0 Å². The standard InChI is InChI=1S/C23H28N2O3/c1-27-22-9-8-18(12-23(22)28-2)21-14-20(26)13-19-16-24(10-11-25(19)21)15-17-6-4-3-5-7-17/h3-9,12,19,21H,10-11,13-16H2,1-2H3. The lowest BCUT2D eigenvalue weighted by molar-refractivity contribution is -0.127. The summed E-state index contributed by atoms with van der Waals surface area (Å²) in [4.78, 5) is 17.5. The third-order valence-corrected chi connectivity index (χ3v) is 5.94. The topological polar surface area (TPSA) is 42.0 Å². The van der Waals surface area contributed by atoms with Gasteiger partial charge in [-0.05, 0) is 23.3 Å². The molecule has 2 atom stereocenters. The predicted molar refractivity (Wildman–Crippen MR) is 109 cm³/mol. The van der Waals surface area contributed by atoms with Crippen LogP contribution < -0.4 is 9.47 Å². The molecule has 2 aromatic rings. The van der Waals surface area contributed by atoms with Crippen LogP contribution in [0.5, 0.6) is 11.5 Å². The number of fused-ring (bicyclic) bond motifs is 1. The van der Waals surface area contributed by atoms with E-state index in [2.05, 4.69) is 46.2 Å². The summed E-state index contributed by atoms with van der Waals surface area (Å²) in [5.74, 6) is 1.79. The zero-order chi connectivity index (χ0) is 19.5. The second kappa shape index (κ2) is 8.33. The lowest BCUT2D eigenvalue weighted by atomic mass is 9.88. The third kappa shape index (κ3) is 3.91. The van der Waals surface area contributed by atoms with Crippen LogP contribution in [0, 0.1) is 0 Å². The van der Waals surface area contributed by atoms with Crippen LogP contribution in [-0.2, 0) is 11.3 Å². The number of hydrogen-bond acceptors (Lipinski definition) is 5. The molecule has 0 saturated carbocycles. The number of carbonyl (C=O) groups excluding carboxylic acids is 1. The highest BCUT2D eigenvalue weighted by atomic mass is 16.5. The largest absolute Gasteiger partial charge is 0.493 e. The average molecular weight is 380 g/mol. The zero-order valence-electron chi connectivity index (χ0n) is 16.6. The van der Waals surface area contributed by atoms with Crippen LogP contribution in [0.25, 0.3) is 0 Å². The summed E-state index contributed by atoms with van der Waals surface area (Å²) >= 11 is 0. The van der Waals surface area contributed by atoms with Gasteiger partial charge in [-0.3, -0.25) is 14.6 Å². The maximum Gasteiger partial charge on any atom is 0.161 e. The second-order valence-corrected chi connectivity index (χ2v) is 7.69. The molecule has 2 fully saturated rings. The molecule has 0 aromatic heterocycles. The van der Waals surface area contributed by atoms with Gasteiger partial charge in [0.25, 0.3) is 0 Å². The number of piperidine rings is 1. The minimum Gasteiger partial charge on any atom is -0.493 e. The number of benzene rings is 2. The van der Waals surface area contributed by atoms with Crippen molar-refractivity contribution >= 4 is 5.78 Å². The molecule has 4 rings (SSSR count). The average Bonchev–Trinajstić information content (AvgIpc) is 2.73. The Labute approximate surface area is 166 Å². The lowest BCUT2D eigenvalue weighted by Gasteiger charge is -2.48. The second-order valence-electron chi connectivity index (χ2n) is 7.69.